The molecule has 1 heterocycles. The van der Waals surface area contributed by atoms with Gasteiger partial charge in [0.1, 0.15) is 0 Å². The SMILES string of the molecule is CC1CC(=O)NN1C(=S)NC1CC1. The summed E-state index contributed by atoms with van der Waals surface area (Å²) in [6, 6.07) is 0.712. The number of hydrogen-bond donors (Lipinski definition) is 2. The number of carbonyl (C=O) groups is 1. The highest BCUT2D eigenvalue weighted by Crippen LogP contribution is 2.19. The zero-order chi connectivity index (χ0) is 9.42. The van der Waals surface area contributed by atoms with Gasteiger partial charge in [0.15, 0.2) is 5.11 Å². The molecule has 1 saturated carbocycles. The molecule has 0 aromatic carbocycles. The summed E-state index contributed by atoms with van der Waals surface area (Å²) in [6.45, 7) is 1.98. The van der Waals surface area contributed by atoms with Gasteiger partial charge in [-0.2, -0.15) is 0 Å². The third kappa shape index (κ3) is 1.91. The predicted molar refractivity (Wildman–Crippen MR) is 52.8 cm³/mol. The Morgan fingerprint density at radius 3 is 2.85 bits per heavy atom. The Morgan fingerprint density at radius 2 is 2.38 bits per heavy atom. The van der Waals surface area contributed by atoms with Crippen LogP contribution in [-0.2, 0) is 4.79 Å². The fraction of sp³-hybridized carbons (Fsp3) is 0.750. The molecule has 2 N–H and O–H groups in total. The lowest BCUT2D eigenvalue weighted by Crippen LogP contribution is -2.48. The lowest BCUT2D eigenvalue weighted by Gasteiger charge is -2.23. The van der Waals surface area contributed by atoms with Crippen LogP contribution in [0.3, 0.4) is 0 Å². The van der Waals surface area contributed by atoms with Crippen molar-refractivity contribution < 1.29 is 4.79 Å². The van der Waals surface area contributed by atoms with E-state index in [2.05, 4.69) is 10.7 Å². The molecule has 1 aliphatic carbocycles. The fourth-order valence-electron chi connectivity index (χ4n) is 1.37. The van der Waals surface area contributed by atoms with Crippen molar-refractivity contribution in [3.8, 4) is 0 Å². The summed E-state index contributed by atoms with van der Waals surface area (Å²) in [5.41, 5.74) is 2.73. The number of nitrogens with zero attached hydrogens (tertiary/aromatic N) is 1. The van der Waals surface area contributed by atoms with Crippen molar-refractivity contribution in [2.24, 2.45) is 0 Å². The number of rotatable bonds is 1. The van der Waals surface area contributed by atoms with Crippen LogP contribution in [0.25, 0.3) is 0 Å². The van der Waals surface area contributed by atoms with Crippen LogP contribution in [0.2, 0.25) is 0 Å². The average Bonchev–Trinajstić information content (AvgIpc) is 2.77. The number of carbonyl (C=O) groups excluding carboxylic acids is 1. The van der Waals surface area contributed by atoms with Crippen molar-refractivity contribution in [3.05, 3.63) is 0 Å². The minimum Gasteiger partial charge on any atom is -0.358 e. The Morgan fingerprint density at radius 1 is 1.69 bits per heavy atom. The standard InChI is InChI=1S/C8H13N3OS/c1-5-4-7(12)10-11(5)8(13)9-6-2-3-6/h5-6H,2-4H2,1H3,(H,9,13)(H,10,12). The summed E-state index contributed by atoms with van der Waals surface area (Å²) < 4.78 is 0. The van der Waals surface area contributed by atoms with Gasteiger partial charge < -0.3 is 5.32 Å². The smallest absolute Gasteiger partial charge is 0.240 e. The van der Waals surface area contributed by atoms with Crippen LogP contribution in [0.4, 0.5) is 0 Å². The van der Waals surface area contributed by atoms with Crippen LogP contribution >= 0.6 is 12.2 Å². The van der Waals surface area contributed by atoms with E-state index in [0.717, 1.165) is 0 Å². The first kappa shape index (κ1) is 8.74. The largest absolute Gasteiger partial charge is 0.358 e. The number of amides is 1. The Balaban J connectivity index is 1.91. The molecule has 0 radical (unpaired) electrons. The monoisotopic (exact) mass is 199 g/mol. The fourth-order valence-corrected chi connectivity index (χ4v) is 1.76. The van der Waals surface area contributed by atoms with Gasteiger partial charge in [0.25, 0.3) is 0 Å². The van der Waals surface area contributed by atoms with Gasteiger partial charge in [-0.15, -0.1) is 0 Å². The second kappa shape index (κ2) is 3.14. The summed E-state index contributed by atoms with van der Waals surface area (Å²) in [5.74, 6) is 0.0486. The molecule has 1 amide bonds. The Labute approximate surface area is 82.6 Å². The van der Waals surface area contributed by atoms with E-state index in [1.165, 1.54) is 12.8 Å². The third-order valence-electron chi connectivity index (χ3n) is 2.29. The molecule has 0 aromatic heterocycles. The lowest BCUT2D eigenvalue weighted by molar-refractivity contribution is -0.120. The summed E-state index contributed by atoms with van der Waals surface area (Å²) >= 11 is 5.16. The number of hydrazine groups is 1. The van der Waals surface area contributed by atoms with Gasteiger partial charge in [0.05, 0.1) is 12.5 Å². The minimum absolute atomic E-state index is 0.0486. The summed E-state index contributed by atoms with van der Waals surface area (Å²) in [5, 5.41) is 5.59. The number of nitrogens with one attached hydrogen (secondary N) is 2. The maximum Gasteiger partial charge on any atom is 0.240 e. The van der Waals surface area contributed by atoms with Gasteiger partial charge in [-0.1, -0.05) is 0 Å². The van der Waals surface area contributed by atoms with Crippen LogP contribution in [0.5, 0.6) is 0 Å². The van der Waals surface area contributed by atoms with Crippen molar-refractivity contribution >= 4 is 23.2 Å². The van der Waals surface area contributed by atoms with E-state index in [1.807, 2.05) is 6.92 Å². The first-order chi connectivity index (χ1) is 6.16. The molecule has 1 aliphatic heterocycles. The van der Waals surface area contributed by atoms with E-state index in [9.17, 15) is 4.79 Å². The zero-order valence-electron chi connectivity index (χ0n) is 7.54. The second-order valence-corrected chi connectivity index (χ2v) is 4.07. The average molecular weight is 199 g/mol. The van der Waals surface area contributed by atoms with Crippen molar-refractivity contribution in [3.63, 3.8) is 0 Å². The van der Waals surface area contributed by atoms with Crippen molar-refractivity contribution in [2.75, 3.05) is 0 Å². The molecule has 13 heavy (non-hydrogen) atoms. The van der Waals surface area contributed by atoms with Crippen molar-refractivity contribution in [1.82, 2.24) is 15.8 Å². The Bertz CT molecular complexity index is 252. The zero-order valence-corrected chi connectivity index (χ0v) is 8.36. The highest BCUT2D eigenvalue weighted by molar-refractivity contribution is 7.80. The first-order valence-electron chi connectivity index (χ1n) is 4.56. The maximum absolute atomic E-state index is 11.0. The van der Waals surface area contributed by atoms with E-state index in [0.29, 0.717) is 17.6 Å². The Hall–Kier alpha value is -0.840. The molecule has 4 nitrogen and oxygen atoms in total. The molecule has 0 aromatic rings. The molecule has 1 unspecified atom stereocenters. The van der Waals surface area contributed by atoms with Crippen LogP contribution in [-0.4, -0.2) is 28.1 Å². The molecule has 0 bridgehead atoms. The third-order valence-corrected chi connectivity index (χ3v) is 2.61. The van der Waals surface area contributed by atoms with Gasteiger partial charge in [0, 0.05) is 6.04 Å². The quantitative estimate of drug-likeness (QED) is 0.590. The van der Waals surface area contributed by atoms with E-state index in [1.54, 1.807) is 5.01 Å². The summed E-state index contributed by atoms with van der Waals surface area (Å²) in [6.07, 6.45) is 2.92. The van der Waals surface area contributed by atoms with E-state index >= 15 is 0 Å². The van der Waals surface area contributed by atoms with Crippen molar-refractivity contribution in [2.45, 2.75) is 38.3 Å². The lowest BCUT2D eigenvalue weighted by atomic mass is 10.2. The van der Waals surface area contributed by atoms with Crippen molar-refractivity contribution in [1.29, 1.82) is 0 Å². The maximum atomic E-state index is 11.0. The van der Waals surface area contributed by atoms with Gasteiger partial charge in [-0.3, -0.25) is 15.2 Å². The molecular formula is C8H13N3OS. The highest BCUT2D eigenvalue weighted by atomic mass is 32.1. The van der Waals surface area contributed by atoms with Gasteiger partial charge >= 0.3 is 0 Å². The topological polar surface area (TPSA) is 44.4 Å². The molecule has 2 fully saturated rings. The molecule has 1 atom stereocenters. The molecule has 2 rings (SSSR count). The van der Waals surface area contributed by atoms with E-state index in [4.69, 9.17) is 12.2 Å². The van der Waals surface area contributed by atoms with Crippen LogP contribution in [0, 0.1) is 0 Å². The molecule has 2 aliphatic rings. The Kier molecular flexibility index (Phi) is 2.11. The van der Waals surface area contributed by atoms with Gasteiger partial charge in [-0.25, -0.2) is 0 Å². The molecule has 72 valence electrons. The summed E-state index contributed by atoms with van der Waals surface area (Å²) in [7, 11) is 0. The highest BCUT2D eigenvalue weighted by Gasteiger charge is 2.31. The molecule has 1 saturated heterocycles. The van der Waals surface area contributed by atoms with Crippen LogP contribution in [0.15, 0.2) is 0 Å². The molecule has 0 spiro atoms. The normalized spacial score (nSPS) is 27.3. The molecular weight excluding hydrogens is 186 g/mol. The van der Waals surface area contributed by atoms with Gasteiger partial charge in [-0.05, 0) is 32.0 Å². The predicted octanol–water partition coefficient (Wildman–Crippen LogP) is 0.149. The summed E-state index contributed by atoms with van der Waals surface area (Å²) in [4.78, 5) is 11.0. The molecule has 5 heteroatoms. The number of thiocarbonyl (C=S) groups is 1. The van der Waals surface area contributed by atoms with Gasteiger partial charge in [0.2, 0.25) is 5.91 Å². The van der Waals surface area contributed by atoms with E-state index in [-0.39, 0.29) is 11.9 Å². The number of hydrogen-bond acceptors (Lipinski definition) is 2. The first-order valence-corrected chi connectivity index (χ1v) is 4.97. The minimum atomic E-state index is 0.0486. The van der Waals surface area contributed by atoms with E-state index < -0.39 is 0 Å². The second-order valence-electron chi connectivity index (χ2n) is 3.68. The van der Waals surface area contributed by atoms with Crippen LogP contribution in [0.1, 0.15) is 26.2 Å². The van der Waals surface area contributed by atoms with Crippen LogP contribution < -0.4 is 10.7 Å².